The largest absolute Gasteiger partial charge is 0.481 e. The number of aromatic nitrogens is 1. The van der Waals surface area contributed by atoms with Crippen molar-refractivity contribution < 1.29 is 14.7 Å². The van der Waals surface area contributed by atoms with Crippen molar-refractivity contribution in [1.82, 2.24) is 9.99 Å². The number of para-hydroxylation sites is 1. The Hall–Kier alpha value is -3.25. The quantitative estimate of drug-likeness (QED) is 0.573. The van der Waals surface area contributed by atoms with Crippen LogP contribution in [0.15, 0.2) is 59.7 Å². The number of carbonyl (C=O) groups excluding carboxylic acids is 1. The number of pyridine rings is 1. The number of hydrogen-bond acceptors (Lipinski definition) is 4. The highest BCUT2D eigenvalue weighted by Gasteiger charge is 2.32. The fourth-order valence-corrected chi connectivity index (χ4v) is 4.10. The summed E-state index contributed by atoms with van der Waals surface area (Å²) >= 11 is 6.51. The molecule has 0 bridgehead atoms. The molecule has 1 aliphatic heterocycles. The summed E-state index contributed by atoms with van der Waals surface area (Å²) in [5.41, 5.74) is 4.49. The van der Waals surface area contributed by atoms with E-state index in [2.05, 4.69) is 10.1 Å². The van der Waals surface area contributed by atoms with E-state index in [9.17, 15) is 9.59 Å². The summed E-state index contributed by atoms with van der Waals surface area (Å²) < 4.78 is 0. The Morgan fingerprint density at radius 1 is 1.13 bits per heavy atom. The molecule has 0 aliphatic carbocycles. The van der Waals surface area contributed by atoms with Crippen LogP contribution >= 0.6 is 11.6 Å². The molecule has 0 spiro atoms. The SMILES string of the molecule is Cc1cccc2cc(C[C@@H]3CC(c4ccccc4)=NN3C(=O)CCC(=O)O)c(Cl)nc12. The maximum absolute atomic E-state index is 12.8. The zero-order valence-corrected chi connectivity index (χ0v) is 17.8. The number of fused-ring (bicyclic) bond motifs is 1. The molecule has 31 heavy (non-hydrogen) atoms. The van der Waals surface area contributed by atoms with Gasteiger partial charge in [-0.3, -0.25) is 9.59 Å². The van der Waals surface area contributed by atoms with Gasteiger partial charge in [0, 0.05) is 18.2 Å². The summed E-state index contributed by atoms with van der Waals surface area (Å²) in [6.45, 7) is 1.99. The van der Waals surface area contributed by atoms with Gasteiger partial charge in [0.1, 0.15) is 5.15 Å². The van der Waals surface area contributed by atoms with Crippen LogP contribution < -0.4 is 0 Å². The van der Waals surface area contributed by atoms with Crippen molar-refractivity contribution in [3.05, 3.63) is 76.4 Å². The lowest BCUT2D eigenvalue weighted by molar-refractivity contribution is -0.141. The second-order valence-corrected chi connectivity index (χ2v) is 8.05. The van der Waals surface area contributed by atoms with Crippen LogP contribution in [-0.2, 0) is 16.0 Å². The normalized spacial score (nSPS) is 15.9. The number of rotatable bonds is 6. The fourth-order valence-electron chi connectivity index (χ4n) is 3.88. The first-order valence-electron chi connectivity index (χ1n) is 10.1. The number of benzene rings is 2. The van der Waals surface area contributed by atoms with E-state index in [0.29, 0.717) is 18.0 Å². The predicted octanol–water partition coefficient (Wildman–Crippen LogP) is 4.61. The van der Waals surface area contributed by atoms with Crippen molar-refractivity contribution in [3.8, 4) is 0 Å². The van der Waals surface area contributed by atoms with Gasteiger partial charge in [0.15, 0.2) is 0 Å². The second kappa shape index (κ2) is 8.86. The smallest absolute Gasteiger partial charge is 0.303 e. The number of amides is 1. The Bertz CT molecular complexity index is 1180. The van der Waals surface area contributed by atoms with E-state index in [-0.39, 0.29) is 24.8 Å². The molecule has 1 amide bonds. The van der Waals surface area contributed by atoms with Crippen LogP contribution in [-0.4, -0.2) is 38.7 Å². The van der Waals surface area contributed by atoms with Crippen molar-refractivity contribution in [3.63, 3.8) is 0 Å². The van der Waals surface area contributed by atoms with Crippen LogP contribution in [0.2, 0.25) is 5.15 Å². The van der Waals surface area contributed by atoms with Gasteiger partial charge >= 0.3 is 5.97 Å². The third-order valence-corrected chi connectivity index (χ3v) is 5.77. The molecule has 0 unspecified atom stereocenters. The molecule has 0 saturated carbocycles. The first-order valence-corrected chi connectivity index (χ1v) is 10.5. The molecule has 1 N–H and O–H groups in total. The highest BCUT2D eigenvalue weighted by Crippen LogP contribution is 2.29. The zero-order valence-electron chi connectivity index (χ0n) is 17.1. The first-order chi connectivity index (χ1) is 14.9. The topological polar surface area (TPSA) is 82.9 Å². The number of aliphatic carboxylic acids is 1. The van der Waals surface area contributed by atoms with Crippen LogP contribution in [0, 0.1) is 6.92 Å². The average Bonchev–Trinajstić information content (AvgIpc) is 3.18. The lowest BCUT2D eigenvalue weighted by atomic mass is 9.98. The molecule has 0 fully saturated rings. The Labute approximate surface area is 185 Å². The molecule has 1 aromatic heterocycles. The highest BCUT2D eigenvalue weighted by atomic mass is 35.5. The van der Waals surface area contributed by atoms with Crippen LogP contribution in [0.3, 0.4) is 0 Å². The van der Waals surface area contributed by atoms with E-state index >= 15 is 0 Å². The number of hydrogen-bond donors (Lipinski definition) is 1. The summed E-state index contributed by atoms with van der Waals surface area (Å²) in [5.74, 6) is -1.31. The number of carboxylic acids is 1. The van der Waals surface area contributed by atoms with Gasteiger partial charge < -0.3 is 5.11 Å². The monoisotopic (exact) mass is 435 g/mol. The molecular formula is C24H22ClN3O3. The van der Waals surface area contributed by atoms with Gasteiger partial charge in [0.05, 0.1) is 23.7 Å². The van der Waals surface area contributed by atoms with Crippen molar-refractivity contribution in [2.75, 3.05) is 0 Å². The Balaban J connectivity index is 1.64. The summed E-state index contributed by atoms with van der Waals surface area (Å²) in [5, 5.41) is 16.4. The van der Waals surface area contributed by atoms with E-state index in [0.717, 1.165) is 33.3 Å². The second-order valence-electron chi connectivity index (χ2n) is 7.69. The molecule has 2 heterocycles. The summed E-state index contributed by atoms with van der Waals surface area (Å²) in [6.07, 6.45) is 0.718. The van der Waals surface area contributed by atoms with Crippen molar-refractivity contribution in [2.45, 2.75) is 38.6 Å². The molecule has 1 atom stereocenters. The van der Waals surface area contributed by atoms with Gasteiger partial charge in [0.2, 0.25) is 5.91 Å². The Morgan fingerprint density at radius 3 is 2.65 bits per heavy atom. The predicted molar refractivity (Wildman–Crippen MR) is 120 cm³/mol. The molecule has 3 aromatic rings. The van der Waals surface area contributed by atoms with E-state index in [4.69, 9.17) is 16.7 Å². The van der Waals surface area contributed by atoms with Crippen LogP contribution in [0.1, 0.15) is 36.0 Å². The number of hydrazone groups is 1. The van der Waals surface area contributed by atoms with Gasteiger partial charge in [-0.2, -0.15) is 5.10 Å². The Morgan fingerprint density at radius 2 is 1.90 bits per heavy atom. The standard InChI is InChI=1S/C24H22ClN3O3/c1-15-6-5-9-17-12-18(24(25)26-23(15)17)13-19-14-20(16-7-3-2-4-8-16)27-28(19)21(29)10-11-22(30)31/h2-9,12,19H,10-11,13-14H2,1H3,(H,30,31)/t19-/m1/s1. The Kier molecular flexibility index (Phi) is 6.00. The van der Waals surface area contributed by atoms with E-state index in [1.54, 1.807) is 0 Å². The zero-order chi connectivity index (χ0) is 22.0. The maximum Gasteiger partial charge on any atom is 0.303 e. The minimum absolute atomic E-state index is 0.0969. The number of aryl methyl sites for hydroxylation is 1. The number of halogens is 1. The number of carboxylic acid groups (broad SMARTS) is 1. The lowest BCUT2D eigenvalue weighted by Crippen LogP contribution is -2.34. The number of nitrogens with zero attached hydrogens (tertiary/aromatic N) is 3. The van der Waals surface area contributed by atoms with E-state index in [1.807, 2.05) is 61.5 Å². The van der Waals surface area contributed by atoms with Crippen LogP contribution in [0.25, 0.3) is 10.9 Å². The lowest BCUT2D eigenvalue weighted by Gasteiger charge is -2.22. The van der Waals surface area contributed by atoms with Gasteiger partial charge in [-0.05, 0) is 36.1 Å². The van der Waals surface area contributed by atoms with Crippen molar-refractivity contribution in [2.24, 2.45) is 5.10 Å². The third kappa shape index (κ3) is 4.59. The van der Waals surface area contributed by atoms with Crippen molar-refractivity contribution >= 4 is 40.1 Å². The van der Waals surface area contributed by atoms with Gasteiger partial charge in [-0.1, -0.05) is 60.1 Å². The molecule has 2 aromatic carbocycles. The minimum atomic E-state index is -1.01. The summed E-state index contributed by atoms with van der Waals surface area (Å²) in [4.78, 5) is 28.3. The van der Waals surface area contributed by atoms with Gasteiger partial charge in [-0.25, -0.2) is 9.99 Å². The van der Waals surface area contributed by atoms with Crippen LogP contribution in [0.4, 0.5) is 0 Å². The van der Waals surface area contributed by atoms with E-state index < -0.39 is 5.97 Å². The average molecular weight is 436 g/mol. The molecule has 4 rings (SSSR count). The van der Waals surface area contributed by atoms with Crippen molar-refractivity contribution in [1.29, 1.82) is 0 Å². The fraction of sp³-hybridized carbons (Fsp3) is 0.250. The third-order valence-electron chi connectivity index (χ3n) is 5.45. The molecule has 0 radical (unpaired) electrons. The molecule has 1 aliphatic rings. The minimum Gasteiger partial charge on any atom is -0.481 e. The van der Waals surface area contributed by atoms with Gasteiger partial charge in [-0.15, -0.1) is 0 Å². The molecule has 158 valence electrons. The number of carbonyl (C=O) groups is 2. The summed E-state index contributed by atoms with van der Waals surface area (Å²) in [7, 11) is 0. The van der Waals surface area contributed by atoms with Crippen LogP contribution in [0.5, 0.6) is 0 Å². The first kappa shape index (κ1) is 21.0. The van der Waals surface area contributed by atoms with E-state index in [1.165, 1.54) is 5.01 Å². The van der Waals surface area contributed by atoms with Gasteiger partial charge in [0.25, 0.3) is 0 Å². The summed E-state index contributed by atoms with van der Waals surface area (Å²) in [6, 6.07) is 17.4. The molecule has 6 nitrogen and oxygen atoms in total. The molecular weight excluding hydrogens is 414 g/mol. The maximum atomic E-state index is 12.8. The molecule has 7 heteroatoms. The highest BCUT2D eigenvalue weighted by molar-refractivity contribution is 6.30. The molecule has 0 saturated heterocycles.